The summed E-state index contributed by atoms with van der Waals surface area (Å²) < 4.78 is 12.7. The van der Waals surface area contributed by atoms with Crippen molar-refractivity contribution < 1.29 is 9.18 Å². The molecule has 13 heavy (non-hydrogen) atoms. The van der Waals surface area contributed by atoms with Crippen molar-refractivity contribution in [3.05, 3.63) is 29.6 Å². The van der Waals surface area contributed by atoms with Crippen LogP contribution in [0.25, 0.3) is 0 Å². The van der Waals surface area contributed by atoms with E-state index in [1.807, 2.05) is 6.92 Å². The molecular weight excluding hydrogens is 171 g/mol. The molecule has 69 valence electrons. The smallest absolute Gasteiger partial charge is 0.250 e. The largest absolute Gasteiger partial charge is 0.366 e. The summed E-state index contributed by atoms with van der Waals surface area (Å²) in [5.41, 5.74) is 5.62. The zero-order valence-corrected chi connectivity index (χ0v) is 7.25. The highest BCUT2D eigenvalue weighted by Gasteiger charge is 2.08. The van der Waals surface area contributed by atoms with Gasteiger partial charge in [-0.15, -0.1) is 0 Å². The quantitative estimate of drug-likeness (QED) is 0.747. The molecule has 1 amide bonds. The number of hydrogen-bond acceptors (Lipinski definition) is 1. The van der Waals surface area contributed by atoms with Crippen LogP contribution in [-0.2, 0) is 0 Å². The fraction of sp³-hybridized carbons (Fsp3) is 0.222. The summed E-state index contributed by atoms with van der Waals surface area (Å²) in [7, 11) is 0. The number of halogens is 1. The number of nitrogens with zero attached hydrogens (tertiary/aromatic N) is 1. The minimum atomic E-state index is -0.660. The summed E-state index contributed by atoms with van der Waals surface area (Å²) in [5, 5.41) is 4.00. The number of nitrogens with two attached hydrogens (primary N) is 1. The number of rotatable bonds is 3. The third-order valence-corrected chi connectivity index (χ3v) is 1.55. The highest BCUT2D eigenvalue weighted by atomic mass is 19.1. The van der Waals surface area contributed by atoms with Gasteiger partial charge in [-0.3, -0.25) is 10.1 Å². The lowest BCUT2D eigenvalue weighted by molar-refractivity contribution is 0.1000. The predicted molar refractivity (Wildman–Crippen MR) is 47.3 cm³/mol. The van der Waals surface area contributed by atoms with Gasteiger partial charge in [0.05, 0.1) is 11.3 Å². The Hall–Kier alpha value is -1.58. The zero-order chi connectivity index (χ0) is 9.84. The van der Waals surface area contributed by atoms with Gasteiger partial charge in [-0.25, -0.2) is 4.39 Å². The van der Waals surface area contributed by atoms with Crippen LogP contribution in [0.5, 0.6) is 0 Å². The Balaban J connectivity index is 3.10. The zero-order valence-electron chi connectivity index (χ0n) is 7.25. The van der Waals surface area contributed by atoms with E-state index >= 15 is 0 Å². The van der Waals surface area contributed by atoms with Crippen LogP contribution in [0.15, 0.2) is 18.2 Å². The second-order valence-electron chi connectivity index (χ2n) is 2.50. The molecule has 1 radical (unpaired) electrons. The Morgan fingerprint density at radius 2 is 2.31 bits per heavy atom. The molecule has 1 aromatic carbocycles. The molecule has 4 heteroatoms. The minimum Gasteiger partial charge on any atom is -0.366 e. The summed E-state index contributed by atoms with van der Waals surface area (Å²) in [6, 6.07) is 3.79. The molecule has 0 bridgehead atoms. The Labute approximate surface area is 75.7 Å². The molecule has 0 spiro atoms. The van der Waals surface area contributed by atoms with Crippen LogP contribution >= 0.6 is 0 Å². The number of amides is 1. The van der Waals surface area contributed by atoms with Gasteiger partial charge in [-0.1, -0.05) is 0 Å². The second kappa shape index (κ2) is 3.89. The van der Waals surface area contributed by atoms with E-state index in [2.05, 4.69) is 5.32 Å². The van der Waals surface area contributed by atoms with Crippen LogP contribution in [0, 0.1) is 5.82 Å². The third kappa shape index (κ3) is 2.18. The lowest BCUT2D eigenvalue weighted by Gasteiger charge is -2.04. The minimum absolute atomic E-state index is 0.127. The Morgan fingerprint density at radius 3 is 2.85 bits per heavy atom. The highest BCUT2D eigenvalue weighted by Crippen LogP contribution is 2.16. The maximum absolute atomic E-state index is 12.7. The number of carbonyl (C=O) groups excluding carboxylic acids is 1. The Morgan fingerprint density at radius 1 is 1.62 bits per heavy atom. The van der Waals surface area contributed by atoms with Gasteiger partial charge in [0.2, 0.25) is 0 Å². The van der Waals surface area contributed by atoms with Crippen molar-refractivity contribution >= 4 is 11.6 Å². The van der Waals surface area contributed by atoms with Crippen molar-refractivity contribution in [1.29, 1.82) is 0 Å². The maximum Gasteiger partial charge on any atom is 0.250 e. The molecule has 0 fully saturated rings. The lowest BCUT2D eigenvalue weighted by atomic mass is 10.1. The SMILES string of the molecule is CC[N]c1ccc(F)cc1C(N)=O. The summed E-state index contributed by atoms with van der Waals surface area (Å²) in [5.74, 6) is -1.14. The van der Waals surface area contributed by atoms with Crippen molar-refractivity contribution in [2.75, 3.05) is 6.54 Å². The topological polar surface area (TPSA) is 57.2 Å². The molecule has 2 N–H and O–H groups in total. The molecule has 3 nitrogen and oxygen atoms in total. The van der Waals surface area contributed by atoms with Crippen molar-refractivity contribution in [2.24, 2.45) is 5.73 Å². The number of hydrogen-bond donors (Lipinski definition) is 1. The van der Waals surface area contributed by atoms with Gasteiger partial charge in [0, 0.05) is 6.54 Å². The molecule has 0 aliphatic heterocycles. The van der Waals surface area contributed by atoms with Gasteiger partial charge in [0.1, 0.15) is 5.82 Å². The molecule has 0 aliphatic carbocycles. The third-order valence-electron chi connectivity index (χ3n) is 1.55. The standard InChI is InChI=1S/C9H10FN2O/c1-2-12-8-4-3-6(10)5-7(8)9(11)13/h3-5H,2H2,1H3,(H2,11,13). The van der Waals surface area contributed by atoms with Crippen LogP contribution in [0.3, 0.4) is 0 Å². The van der Waals surface area contributed by atoms with E-state index in [0.29, 0.717) is 12.2 Å². The van der Waals surface area contributed by atoms with E-state index in [9.17, 15) is 9.18 Å². The first-order chi connectivity index (χ1) is 6.15. The molecule has 1 rings (SSSR count). The average Bonchev–Trinajstić information content (AvgIpc) is 2.08. The molecule has 0 heterocycles. The van der Waals surface area contributed by atoms with Gasteiger partial charge < -0.3 is 5.73 Å². The normalized spacial score (nSPS) is 9.69. The van der Waals surface area contributed by atoms with Gasteiger partial charge >= 0.3 is 0 Å². The summed E-state index contributed by atoms with van der Waals surface area (Å²) in [6.07, 6.45) is 0. The van der Waals surface area contributed by atoms with E-state index in [1.54, 1.807) is 0 Å². The van der Waals surface area contributed by atoms with Gasteiger partial charge in [0.15, 0.2) is 0 Å². The van der Waals surface area contributed by atoms with Gasteiger partial charge in [0.25, 0.3) is 5.91 Å². The van der Waals surface area contributed by atoms with Gasteiger partial charge in [-0.2, -0.15) is 0 Å². The van der Waals surface area contributed by atoms with Crippen molar-refractivity contribution in [1.82, 2.24) is 5.32 Å². The summed E-state index contributed by atoms with van der Waals surface area (Å²) in [6.45, 7) is 2.36. The molecule has 0 atom stereocenters. The fourth-order valence-corrected chi connectivity index (χ4v) is 1.01. The molecule has 0 saturated carbocycles. The van der Waals surface area contributed by atoms with Crippen molar-refractivity contribution in [3.63, 3.8) is 0 Å². The molecule has 0 unspecified atom stereocenters. The van der Waals surface area contributed by atoms with E-state index in [-0.39, 0.29) is 5.56 Å². The van der Waals surface area contributed by atoms with Crippen molar-refractivity contribution in [2.45, 2.75) is 6.92 Å². The van der Waals surface area contributed by atoms with E-state index < -0.39 is 11.7 Å². The average molecular weight is 181 g/mol. The number of carbonyl (C=O) groups is 1. The first kappa shape index (κ1) is 9.51. The van der Waals surface area contributed by atoms with Crippen LogP contribution in [0.1, 0.15) is 17.3 Å². The Kier molecular flexibility index (Phi) is 2.84. The first-order valence-electron chi connectivity index (χ1n) is 3.92. The summed E-state index contributed by atoms with van der Waals surface area (Å²) in [4.78, 5) is 10.8. The van der Waals surface area contributed by atoms with Crippen LogP contribution in [-0.4, -0.2) is 12.5 Å². The van der Waals surface area contributed by atoms with Gasteiger partial charge in [-0.05, 0) is 25.1 Å². The van der Waals surface area contributed by atoms with E-state index in [4.69, 9.17) is 5.73 Å². The molecule has 0 aromatic heterocycles. The highest BCUT2D eigenvalue weighted by molar-refractivity contribution is 5.97. The molecular formula is C9H10FN2O. The van der Waals surface area contributed by atoms with Crippen LogP contribution in [0.4, 0.5) is 10.1 Å². The summed E-state index contributed by atoms with van der Waals surface area (Å²) >= 11 is 0. The second-order valence-corrected chi connectivity index (χ2v) is 2.50. The Bertz CT molecular complexity index is 325. The number of benzene rings is 1. The lowest BCUT2D eigenvalue weighted by Crippen LogP contribution is -2.14. The fourth-order valence-electron chi connectivity index (χ4n) is 1.01. The number of primary amides is 1. The molecule has 0 aliphatic rings. The van der Waals surface area contributed by atoms with E-state index in [1.165, 1.54) is 12.1 Å². The maximum atomic E-state index is 12.7. The van der Waals surface area contributed by atoms with Crippen LogP contribution in [0.2, 0.25) is 0 Å². The first-order valence-corrected chi connectivity index (χ1v) is 3.92. The van der Waals surface area contributed by atoms with Crippen LogP contribution < -0.4 is 11.1 Å². The van der Waals surface area contributed by atoms with E-state index in [0.717, 1.165) is 6.07 Å². The monoisotopic (exact) mass is 181 g/mol. The molecule has 1 aromatic rings. The molecule has 0 saturated heterocycles. The van der Waals surface area contributed by atoms with Crippen molar-refractivity contribution in [3.8, 4) is 0 Å². The predicted octanol–water partition coefficient (Wildman–Crippen LogP) is 1.18.